The predicted octanol–water partition coefficient (Wildman–Crippen LogP) is 8.80. The van der Waals surface area contributed by atoms with Gasteiger partial charge in [-0.1, -0.05) is 98.3 Å². The maximum Gasteiger partial charge on any atom is 0.303 e. The number of rotatable bonds is 18. The van der Waals surface area contributed by atoms with Gasteiger partial charge in [0.15, 0.2) is 0 Å². The largest absolute Gasteiger partial charge is 0.481 e. The number of aliphatic carboxylic acids is 1. The van der Waals surface area contributed by atoms with Gasteiger partial charge in [0.1, 0.15) is 0 Å². The van der Waals surface area contributed by atoms with E-state index in [1.54, 1.807) is 0 Å². The van der Waals surface area contributed by atoms with Crippen LogP contribution in [0.15, 0.2) is 30.3 Å². The molecule has 0 amide bonds. The van der Waals surface area contributed by atoms with Gasteiger partial charge in [0, 0.05) is 25.2 Å². The molecule has 1 unspecified atom stereocenters. The second kappa shape index (κ2) is 27.0. The quantitative estimate of drug-likeness (QED) is 0.201. The minimum atomic E-state index is -0.654. The van der Waals surface area contributed by atoms with Crippen molar-refractivity contribution in [3.8, 4) is 0 Å². The van der Waals surface area contributed by atoms with Gasteiger partial charge >= 0.3 is 5.97 Å². The summed E-state index contributed by atoms with van der Waals surface area (Å²) in [6.45, 7) is 16.7. The first-order valence-corrected chi connectivity index (χ1v) is 14.6. The van der Waals surface area contributed by atoms with E-state index in [0.717, 1.165) is 31.8 Å². The van der Waals surface area contributed by atoms with E-state index in [1.807, 2.05) is 7.05 Å². The smallest absolute Gasteiger partial charge is 0.303 e. The van der Waals surface area contributed by atoms with Gasteiger partial charge in [0.05, 0.1) is 0 Å². The van der Waals surface area contributed by atoms with Crippen LogP contribution in [0, 0.1) is 11.8 Å². The van der Waals surface area contributed by atoms with Crippen LogP contribution >= 0.6 is 0 Å². The molecule has 0 aliphatic carbocycles. The third-order valence-electron chi connectivity index (χ3n) is 6.25. The minimum absolute atomic E-state index is 0.347. The fourth-order valence-corrected chi connectivity index (χ4v) is 4.38. The fraction of sp³-hybridized carbons (Fsp3) is 0.774. The van der Waals surface area contributed by atoms with Crippen LogP contribution in [0.3, 0.4) is 0 Å². The number of anilines is 1. The summed E-state index contributed by atoms with van der Waals surface area (Å²) in [6, 6.07) is 10.7. The SMILES string of the molecule is CCCC(CCC)CNC.CCCCCC(CC)CC(=O)O.CCCN(CCC)c1ccccc1. The molecule has 0 spiro atoms. The number of hydrogen-bond acceptors (Lipinski definition) is 3. The molecule has 1 atom stereocenters. The van der Waals surface area contributed by atoms with Gasteiger partial charge in [0.2, 0.25) is 0 Å². The summed E-state index contributed by atoms with van der Waals surface area (Å²) in [5.74, 6) is 0.660. The molecule has 0 aliphatic heterocycles. The number of para-hydroxylation sites is 1. The molecule has 0 heterocycles. The lowest BCUT2D eigenvalue weighted by molar-refractivity contribution is -0.138. The second-order valence-electron chi connectivity index (χ2n) is 9.69. The standard InChI is InChI=1S/C12H19N.C10H20O2.C9H21N/c1-3-10-13(11-4-2)12-8-6-5-7-9-12;1-3-5-6-7-9(4-2)8-10(11)12;1-4-6-9(7-5-2)8-10-3/h5-9H,3-4,10-11H2,1-2H3;9H,3-8H2,1-2H3,(H,11,12);9-10H,4-8H2,1-3H3. The highest BCUT2D eigenvalue weighted by atomic mass is 16.4. The molecule has 1 aromatic rings. The number of carboxylic acid groups (broad SMARTS) is 1. The normalized spacial score (nSPS) is 11.2. The topological polar surface area (TPSA) is 52.6 Å². The monoisotopic (exact) mass is 492 g/mol. The van der Waals surface area contributed by atoms with Gasteiger partial charge in [-0.3, -0.25) is 4.79 Å². The van der Waals surface area contributed by atoms with Crippen LogP contribution in [-0.4, -0.2) is 37.8 Å². The Morgan fingerprint density at radius 3 is 1.77 bits per heavy atom. The van der Waals surface area contributed by atoms with Crippen LogP contribution in [0.5, 0.6) is 0 Å². The number of nitrogens with one attached hydrogen (secondary N) is 1. The molecule has 1 aromatic carbocycles. The average Bonchev–Trinajstić information content (AvgIpc) is 2.85. The fourth-order valence-electron chi connectivity index (χ4n) is 4.38. The molecule has 0 radical (unpaired) electrons. The number of hydrogen-bond donors (Lipinski definition) is 2. The molecule has 0 aliphatic rings. The van der Waals surface area contributed by atoms with Crippen molar-refractivity contribution in [1.29, 1.82) is 0 Å². The number of carbonyl (C=O) groups is 1. The molecule has 1 rings (SSSR count). The summed E-state index contributed by atoms with van der Waals surface area (Å²) < 4.78 is 0. The Kier molecular flexibility index (Phi) is 27.5. The van der Waals surface area contributed by atoms with Crippen molar-refractivity contribution in [3.05, 3.63) is 30.3 Å². The number of benzene rings is 1. The Morgan fingerprint density at radius 2 is 1.37 bits per heavy atom. The average molecular weight is 493 g/mol. The van der Waals surface area contributed by atoms with Crippen LogP contribution < -0.4 is 10.2 Å². The highest BCUT2D eigenvalue weighted by Crippen LogP contribution is 2.17. The Labute approximate surface area is 219 Å². The Hall–Kier alpha value is -1.55. The third-order valence-corrected chi connectivity index (χ3v) is 6.25. The molecule has 35 heavy (non-hydrogen) atoms. The molecule has 4 heteroatoms. The minimum Gasteiger partial charge on any atom is -0.481 e. The molecule has 0 saturated heterocycles. The third kappa shape index (κ3) is 22.6. The molecule has 4 nitrogen and oxygen atoms in total. The molecule has 0 fully saturated rings. The summed E-state index contributed by atoms with van der Waals surface area (Å²) >= 11 is 0. The van der Waals surface area contributed by atoms with Gasteiger partial charge in [-0.2, -0.15) is 0 Å². The maximum atomic E-state index is 10.4. The van der Waals surface area contributed by atoms with Crippen LogP contribution in [0.4, 0.5) is 5.69 Å². The lowest BCUT2D eigenvalue weighted by atomic mass is 9.95. The molecule has 0 aromatic heterocycles. The highest BCUT2D eigenvalue weighted by Gasteiger charge is 2.10. The molecule has 0 saturated carbocycles. The number of carboxylic acids is 1. The number of nitrogens with zero attached hydrogens (tertiary/aromatic N) is 1. The first-order chi connectivity index (χ1) is 16.9. The van der Waals surface area contributed by atoms with E-state index in [2.05, 4.69) is 82.1 Å². The molecule has 206 valence electrons. The Balaban J connectivity index is 0. The summed E-state index contributed by atoms with van der Waals surface area (Å²) in [4.78, 5) is 12.8. The first-order valence-electron chi connectivity index (χ1n) is 14.6. The maximum absolute atomic E-state index is 10.4. The van der Waals surface area contributed by atoms with E-state index in [0.29, 0.717) is 12.3 Å². The van der Waals surface area contributed by atoms with Crippen molar-refractivity contribution in [2.45, 2.75) is 119 Å². The first kappa shape index (κ1) is 35.6. The van der Waals surface area contributed by atoms with Gasteiger partial charge in [0.25, 0.3) is 0 Å². The van der Waals surface area contributed by atoms with Gasteiger partial charge < -0.3 is 15.3 Å². The highest BCUT2D eigenvalue weighted by molar-refractivity contribution is 5.66. The van der Waals surface area contributed by atoms with Gasteiger partial charge in [-0.15, -0.1) is 0 Å². The zero-order valence-corrected chi connectivity index (χ0v) is 24.5. The van der Waals surface area contributed by atoms with E-state index in [9.17, 15) is 4.79 Å². The zero-order valence-electron chi connectivity index (χ0n) is 24.5. The van der Waals surface area contributed by atoms with Gasteiger partial charge in [-0.25, -0.2) is 0 Å². The van der Waals surface area contributed by atoms with Crippen LogP contribution in [0.2, 0.25) is 0 Å². The summed E-state index contributed by atoms with van der Waals surface area (Å²) in [7, 11) is 2.04. The van der Waals surface area contributed by atoms with E-state index in [4.69, 9.17) is 5.11 Å². The Morgan fingerprint density at radius 1 is 0.800 bits per heavy atom. The summed E-state index contributed by atoms with van der Waals surface area (Å²) in [6.07, 6.45) is 13.9. The van der Waals surface area contributed by atoms with E-state index < -0.39 is 5.97 Å². The molecule has 2 N–H and O–H groups in total. The second-order valence-corrected chi connectivity index (χ2v) is 9.69. The molecular weight excluding hydrogens is 432 g/mol. The summed E-state index contributed by atoms with van der Waals surface area (Å²) in [5, 5.41) is 11.8. The summed E-state index contributed by atoms with van der Waals surface area (Å²) in [5.41, 5.74) is 1.35. The predicted molar refractivity (Wildman–Crippen MR) is 157 cm³/mol. The van der Waals surface area contributed by atoms with Crippen molar-refractivity contribution in [3.63, 3.8) is 0 Å². The van der Waals surface area contributed by atoms with Crippen LogP contribution in [-0.2, 0) is 4.79 Å². The molecule has 0 bridgehead atoms. The molecular formula is C31H60N2O2. The van der Waals surface area contributed by atoms with E-state index in [1.165, 1.54) is 70.0 Å². The number of unbranched alkanes of at least 4 members (excludes halogenated alkanes) is 2. The lowest BCUT2D eigenvalue weighted by Gasteiger charge is -2.23. The zero-order chi connectivity index (χ0) is 26.7. The van der Waals surface area contributed by atoms with Crippen molar-refractivity contribution >= 4 is 11.7 Å². The van der Waals surface area contributed by atoms with Crippen molar-refractivity contribution in [2.75, 3.05) is 31.6 Å². The van der Waals surface area contributed by atoms with Crippen molar-refractivity contribution < 1.29 is 9.90 Å². The van der Waals surface area contributed by atoms with Crippen molar-refractivity contribution in [1.82, 2.24) is 5.32 Å². The Bertz CT molecular complexity index is 530. The van der Waals surface area contributed by atoms with E-state index in [-0.39, 0.29) is 0 Å². The van der Waals surface area contributed by atoms with Gasteiger partial charge in [-0.05, 0) is 69.7 Å². The van der Waals surface area contributed by atoms with Crippen LogP contribution in [0.25, 0.3) is 0 Å². The van der Waals surface area contributed by atoms with Crippen molar-refractivity contribution in [2.24, 2.45) is 11.8 Å². The van der Waals surface area contributed by atoms with E-state index >= 15 is 0 Å². The lowest BCUT2D eigenvalue weighted by Crippen LogP contribution is -2.24. The van der Waals surface area contributed by atoms with Crippen LogP contribution in [0.1, 0.15) is 119 Å².